The van der Waals surface area contributed by atoms with E-state index in [9.17, 15) is 15.0 Å². The number of phenols is 2. The van der Waals surface area contributed by atoms with Crippen molar-refractivity contribution in [2.24, 2.45) is 5.73 Å². The predicted molar refractivity (Wildman–Crippen MR) is 118 cm³/mol. The first kappa shape index (κ1) is 25.1. The van der Waals surface area contributed by atoms with Crippen LogP contribution in [0.2, 0.25) is 13.3 Å². The zero-order valence-electron chi connectivity index (χ0n) is 18.1. The summed E-state index contributed by atoms with van der Waals surface area (Å²) in [6.07, 6.45) is 7.35. The maximum atomic E-state index is 11.9. The van der Waals surface area contributed by atoms with Crippen molar-refractivity contribution in [3.8, 4) is 11.5 Å². The third-order valence-electron chi connectivity index (χ3n) is 5.74. The van der Waals surface area contributed by atoms with Crippen LogP contribution in [-0.2, 0) is 16.0 Å². The second kappa shape index (κ2) is 12.6. The molecule has 0 aliphatic rings. The molecule has 0 heterocycles. The molecular formula is C22H39NO4Sn. The Kier molecular flexibility index (Phi) is 11.3. The Labute approximate surface area is 174 Å². The van der Waals surface area contributed by atoms with Crippen molar-refractivity contribution in [2.45, 2.75) is 85.1 Å². The van der Waals surface area contributed by atoms with Gasteiger partial charge in [0.15, 0.2) is 0 Å². The molecule has 1 rings (SSSR count). The van der Waals surface area contributed by atoms with E-state index in [0.29, 0.717) is 6.42 Å². The second-order valence-corrected chi connectivity index (χ2v) is 21.0. The standard InChI is InChI=1S/C10H12NO4.3C4H9.Sn/c1-15-10(14)7(11)4-6-2-3-8(12)9(13)5-6;3*1-3-4-2;/h3,5,7,12-13H,4,11H2,1H3;3*1,3-4H2,2H3;/t7-;;;;/m0..../s1. The molecule has 1 aromatic carbocycles. The van der Waals surface area contributed by atoms with Crippen molar-refractivity contribution in [1.82, 2.24) is 0 Å². The van der Waals surface area contributed by atoms with Crippen LogP contribution in [0.15, 0.2) is 12.1 Å². The van der Waals surface area contributed by atoms with Gasteiger partial charge in [0, 0.05) is 0 Å². The van der Waals surface area contributed by atoms with Gasteiger partial charge in [-0.05, 0) is 0 Å². The zero-order chi connectivity index (χ0) is 21.2. The van der Waals surface area contributed by atoms with Crippen molar-refractivity contribution in [2.75, 3.05) is 7.11 Å². The predicted octanol–water partition coefficient (Wildman–Crippen LogP) is 4.20. The molecule has 6 heteroatoms. The van der Waals surface area contributed by atoms with Crippen molar-refractivity contribution < 1.29 is 19.7 Å². The number of benzene rings is 1. The van der Waals surface area contributed by atoms with E-state index in [1.54, 1.807) is 12.1 Å². The molecule has 5 nitrogen and oxygen atoms in total. The normalized spacial score (nSPS) is 12.8. The molecule has 0 aliphatic heterocycles. The van der Waals surface area contributed by atoms with Gasteiger partial charge in [-0.25, -0.2) is 0 Å². The summed E-state index contributed by atoms with van der Waals surface area (Å²) < 4.78 is 9.73. The summed E-state index contributed by atoms with van der Waals surface area (Å²) >= 11 is -2.87. The number of aromatic hydroxyl groups is 2. The number of rotatable bonds is 13. The first-order valence-electron chi connectivity index (χ1n) is 10.7. The third-order valence-corrected chi connectivity index (χ3v) is 21.6. The number of carbonyl (C=O) groups excluding carboxylic acids is 1. The van der Waals surface area contributed by atoms with Gasteiger partial charge < -0.3 is 0 Å². The molecule has 28 heavy (non-hydrogen) atoms. The quantitative estimate of drug-likeness (QED) is 0.215. The fraction of sp³-hybridized carbons (Fsp3) is 0.682. The Bertz CT molecular complexity index is 599. The number of phenolic OH excluding ortho intramolecular Hbond substituents is 2. The molecule has 0 aliphatic carbocycles. The molecular weight excluding hydrogens is 461 g/mol. The number of unbranched alkanes of at least 4 members (excludes halogenated alkanes) is 3. The molecule has 160 valence electrons. The Hall–Kier alpha value is -0.951. The Morgan fingerprint density at radius 2 is 1.46 bits per heavy atom. The van der Waals surface area contributed by atoms with Gasteiger partial charge in [0.25, 0.3) is 0 Å². The molecule has 4 N–H and O–H groups in total. The van der Waals surface area contributed by atoms with E-state index in [4.69, 9.17) is 10.5 Å². The Morgan fingerprint density at radius 1 is 1.00 bits per heavy atom. The Balaban J connectivity index is 3.49. The summed E-state index contributed by atoms with van der Waals surface area (Å²) in [4.78, 5) is 11.9. The van der Waals surface area contributed by atoms with Gasteiger partial charge in [0.05, 0.1) is 0 Å². The first-order valence-corrected chi connectivity index (χ1v) is 18.2. The van der Waals surface area contributed by atoms with Crippen LogP contribution in [0.5, 0.6) is 11.5 Å². The first-order chi connectivity index (χ1) is 13.3. The van der Waals surface area contributed by atoms with Crippen LogP contribution >= 0.6 is 0 Å². The maximum absolute atomic E-state index is 11.9. The van der Waals surface area contributed by atoms with Crippen molar-refractivity contribution in [3.05, 3.63) is 17.7 Å². The summed E-state index contributed by atoms with van der Waals surface area (Å²) in [5.41, 5.74) is 6.99. The summed E-state index contributed by atoms with van der Waals surface area (Å²) in [5, 5.41) is 20.5. The van der Waals surface area contributed by atoms with Crippen molar-refractivity contribution >= 4 is 27.9 Å². The van der Waals surface area contributed by atoms with Gasteiger partial charge in [0.1, 0.15) is 0 Å². The van der Waals surface area contributed by atoms with E-state index in [1.807, 2.05) is 0 Å². The van der Waals surface area contributed by atoms with Crippen LogP contribution in [0.1, 0.15) is 64.9 Å². The molecule has 0 amide bonds. The summed E-state index contributed by atoms with van der Waals surface area (Å²) in [6.45, 7) is 6.66. The summed E-state index contributed by atoms with van der Waals surface area (Å²) in [6, 6.07) is 2.66. The van der Waals surface area contributed by atoms with E-state index in [0.717, 1.165) is 24.8 Å². The van der Waals surface area contributed by atoms with Crippen LogP contribution in [0.4, 0.5) is 0 Å². The molecule has 1 atom stereocenters. The average Bonchev–Trinajstić information content (AvgIpc) is 2.69. The van der Waals surface area contributed by atoms with Crippen LogP contribution in [0.25, 0.3) is 0 Å². The van der Waals surface area contributed by atoms with E-state index < -0.39 is 30.4 Å². The molecule has 0 bridgehead atoms. The zero-order valence-corrected chi connectivity index (χ0v) is 20.9. The topological polar surface area (TPSA) is 92.8 Å². The number of esters is 1. The minimum absolute atomic E-state index is 0.0593. The third kappa shape index (κ3) is 6.83. The molecule has 0 fully saturated rings. The van der Waals surface area contributed by atoms with E-state index >= 15 is 0 Å². The fourth-order valence-electron chi connectivity index (χ4n) is 4.08. The molecule has 0 unspecified atom stereocenters. The summed E-state index contributed by atoms with van der Waals surface area (Å²) in [5.74, 6) is -0.650. The van der Waals surface area contributed by atoms with Crippen molar-refractivity contribution in [1.29, 1.82) is 0 Å². The molecule has 0 saturated carbocycles. The number of hydrogen-bond acceptors (Lipinski definition) is 5. The van der Waals surface area contributed by atoms with Crippen LogP contribution in [0, 0.1) is 0 Å². The van der Waals surface area contributed by atoms with Crippen molar-refractivity contribution in [3.63, 3.8) is 0 Å². The SMILES string of the molecule is CCC[CH2][Sn]([CH2]CCC)([CH2]CCC)[c]1cc(O)c(O)cc1C[C@H](N)C(=O)OC. The molecule has 0 radical (unpaired) electrons. The Morgan fingerprint density at radius 3 is 1.89 bits per heavy atom. The molecule has 0 aromatic heterocycles. The summed E-state index contributed by atoms with van der Waals surface area (Å²) in [7, 11) is 1.34. The second-order valence-electron chi connectivity index (χ2n) is 7.92. The van der Waals surface area contributed by atoms with Gasteiger partial charge in [-0.3, -0.25) is 0 Å². The van der Waals surface area contributed by atoms with Crippen LogP contribution in [0.3, 0.4) is 0 Å². The number of nitrogens with two attached hydrogens (primary N) is 1. The van der Waals surface area contributed by atoms with Gasteiger partial charge in [-0.2, -0.15) is 0 Å². The van der Waals surface area contributed by atoms with Crippen LogP contribution < -0.4 is 9.31 Å². The fourth-order valence-corrected chi connectivity index (χ4v) is 21.1. The monoisotopic (exact) mass is 501 g/mol. The van der Waals surface area contributed by atoms with Gasteiger partial charge in [0.2, 0.25) is 0 Å². The van der Waals surface area contributed by atoms with Crippen LogP contribution in [-0.4, -0.2) is 47.7 Å². The number of carbonyl (C=O) groups is 1. The number of hydrogen-bond donors (Lipinski definition) is 3. The minimum atomic E-state index is -2.87. The van der Waals surface area contributed by atoms with E-state index in [1.165, 1.54) is 43.3 Å². The molecule has 0 saturated heterocycles. The van der Waals surface area contributed by atoms with Gasteiger partial charge in [-0.1, -0.05) is 0 Å². The number of ether oxygens (including phenoxy) is 1. The molecule has 0 spiro atoms. The number of methoxy groups -OCH3 is 1. The van der Waals surface area contributed by atoms with E-state index in [-0.39, 0.29) is 11.5 Å². The van der Waals surface area contributed by atoms with Gasteiger partial charge in [-0.15, -0.1) is 0 Å². The average molecular weight is 500 g/mol. The molecule has 1 aromatic rings. The van der Waals surface area contributed by atoms with Gasteiger partial charge >= 0.3 is 175 Å². The van der Waals surface area contributed by atoms with E-state index in [2.05, 4.69) is 20.8 Å².